The van der Waals surface area contributed by atoms with Gasteiger partial charge in [-0.15, -0.1) is 11.8 Å². The van der Waals surface area contributed by atoms with Crippen LogP contribution in [0.15, 0.2) is 57.9 Å². The Balaban J connectivity index is 1.65. The Morgan fingerprint density at radius 3 is 2.67 bits per heavy atom. The molecule has 0 unspecified atom stereocenters. The standard InChI is InChI=1S/C18H17BrOS/c19-16-8-3-9-17(11-16)21-12-18(20)15-7-2-6-14(10-15)13-4-1-5-13/h2-3,6-11,13H,1,4-5,12H2. The Bertz CT molecular complexity index is 649. The van der Waals surface area contributed by atoms with E-state index >= 15 is 0 Å². The first-order valence-electron chi connectivity index (χ1n) is 7.24. The van der Waals surface area contributed by atoms with Crippen molar-refractivity contribution in [3.05, 3.63) is 64.1 Å². The topological polar surface area (TPSA) is 17.1 Å². The number of ketones is 1. The van der Waals surface area contributed by atoms with Crippen molar-refractivity contribution >= 4 is 33.5 Å². The first kappa shape index (κ1) is 14.9. The Kier molecular flexibility index (Phi) is 4.81. The van der Waals surface area contributed by atoms with Crippen LogP contribution in [0.25, 0.3) is 0 Å². The normalized spacial score (nSPS) is 14.7. The fraction of sp³-hybridized carbons (Fsp3) is 0.278. The minimum Gasteiger partial charge on any atom is -0.293 e. The number of Topliss-reactive ketones (excluding diaryl/α,β-unsaturated/α-hetero) is 1. The third-order valence-corrected chi connectivity index (χ3v) is 5.44. The molecule has 0 N–H and O–H groups in total. The van der Waals surface area contributed by atoms with Crippen molar-refractivity contribution in [2.45, 2.75) is 30.1 Å². The van der Waals surface area contributed by atoms with Crippen molar-refractivity contribution in [1.82, 2.24) is 0 Å². The molecule has 21 heavy (non-hydrogen) atoms. The molecule has 1 fully saturated rings. The molecule has 0 radical (unpaired) electrons. The molecule has 108 valence electrons. The second kappa shape index (κ2) is 6.80. The van der Waals surface area contributed by atoms with E-state index in [1.165, 1.54) is 24.8 Å². The predicted octanol–water partition coefficient (Wildman–Crippen LogP) is 5.69. The summed E-state index contributed by atoms with van der Waals surface area (Å²) in [5.74, 6) is 1.38. The van der Waals surface area contributed by atoms with Crippen LogP contribution in [0.5, 0.6) is 0 Å². The van der Waals surface area contributed by atoms with E-state index in [0.717, 1.165) is 14.9 Å². The highest BCUT2D eigenvalue weighted by atomic mass is 79.9. The van der Waals surface area contributed by atoms with Crippen molar-refractivity contribution in [3.63, 3.8) is 0 Å². The number of carbonyl (C=O) groups excluding carboxylic acids is 1. The van der Waals surface area contributed by atoms with Gasteiger partial charge >= 0.3 is 0 Å². The summed E-state index contributed by atoms with van der Waals surface area (Å²) >= 11 is 5.05. The summed E-state index contributed by atoms with van der Waals surface area (Å²) in [5.41, 5.74) is 2.18. The highest BCUT2D eigenvalue weighted by molar-refractivity contribution is 9.10. The van der Waals surface area contributed by atoms with Crippen molar-refractivity contribution < 1.29 is 4.79 Å². The molecule has 0 aromatic heterocycles. The number of halogens is 1. The van der Waals surface area contributed by atoms with Gasteiger partial charge in [0.1, 0.15) is 0 Å². The van der Waals surface area contributed by atoms with Gasteiger partial charge in [0.25, 0.3) is 0 Å². The van der Waals surface area contributed by atoms with Crippen molar-refractivity contribution in [3.8, 4) is 0 Å². The summed E-state index contributed by atoms with van der Waals surface area (Å²) in [6, 6.07) is 16.3. The molecule has 0 amide bonds. The Morgan fingerprint density at radius 1 is 1.14 bits per heavy atom. The highest BCUT2D eigenvalue weighted by Crippen LogP contribution is 2.36. The number of hydrogen-bond donors (Lipinski definition) is 0. The van der Waals surface area contributed by atoms with Crippen LogP contribution >= 0.6 is 27.7 Å². The zero-order valence-electron chi connectivity index (χ0n) is 11.7. The summed E-state index contributed by atoms with van der Waals surface area (Å²) in [6.07, 6.45) is 3.86. The molecule has 0 saturated heterocycles. The molecule has 3 rings (SSSR count). The van der Waals surface area contributed by atoms with E-state index in [9.17, 15) is 4.79 Å². The van der Waals surface area contributed by atoms with Gasteiger partial charge in [-0.05, 0) is 48.6 Å². The summed E-state index contributed by atoms with van der Waals surface area (Å²) < 4.78 is 1.05. The smallest absolute Gasteiger partial charge is 0.173 e. The van der Waals surface area contributed by atoms with E-state index in [1.54, 1.807) is 11.8 Å². The molecule has 1 nitrogen and oxygen atoms in total. The lowest BCUT2D eigenvalue weighted by atomic mass is 9.79. The molecule has 1 saturated carbocycles. The van der Waals surface area contributed by atoms with Crippen LogP contribution in [0.2, 0.25) is 0 Å². The molecular formula is C18H17BrOS. The maximum atomic E-state index is 12.4. The quantitative estimate of drug-likeness (QED) is 0.503. The third-order valence-electron chi connectivity index (χ3n) is 3.95. The van der Waals surface area contributed by atoms with Gasteiger partial charge in [0, 0.05) is 14.9 Å². The van der Waals surface area contributed by atoms with Crippen LogP contribution < -0.4 is 0 Å². The molecule has 0 aliphatic heterocycles. The van der Waals surface area contributed by atoms with Gasteiger partial charge in [-0.2, -0.15) is 0 Å². The predicted molar refractivity (Wildman–Crippen MR) is 92.2 cm³/mol. The van der Waals surface area contributed by atoms with E-state index < -0.39 is 0 Å². The Morgan fingerprint density at radius 2 is 1.95 bits per heavy atom. The first-order chi connectivity index (χ1) is 10.2. The van der Waals surface area contributed by atoms with E-state index in [4.69, 9.17) is 0 Å². The number of carbonyl (C=O) groups is 1. The largest absolute Gasteiger partial charge is 0.293 e. The number of benzene rings is 2. The van der Waals surface area contributed by atoms with Crippen LogP contribution in [0, 0.1) is 0 Å². The molecule has 2 aromatic carbocycles. The van der Waals surface area contributed by atoms with Crippen LogP contribution in [-0.2, 0) is 0 Å². The Hall–Kier alpha value is -1.06. The van der Waals surface area contributed by atoms with Gasteiger partial charge in [0.2, 0.25) is 0 Å². The molecule has 0 atom stereocenters. The fourth-order valence-corrected chi connectivity index (χ4v) is 3.90. The maximum Gasteiger partial charge on any atom is 0.173 e. The fourth-order valence-electron chi connectivity index (χ4n) is 2.50. The minimum atomic E-state index is 0.209. The van der Waals surface area contributed by atoms with Gasteiger partial charge in [0.15, 0.2) is 5.78 Å². The Labute approximate surface area is 138 Å². The lowest BCUT2D eigenvalue weighted by Gasteiger charge is -2.26. The average molecular weight is 361 g/mol. The van der Waals surface area contributed by atoms with Gasteiger partial charge in [0.05, 0.1) is 5.75 Å². The molecule has 1 aliphatic rings. The molecule has 0 bridgehead atoms. The van der Waals surface area contributed by atoms with Crippen LogP contribution in [-0.4, -0.2) is 11.5 Å². The summed E-state index contributed by atoms with van der Waals surface area (Å²) in [5, 5.41) is 0. The summed E-state index contributed by atoms with van der Waals surface area (Å²) in [4.78, 5) is 13.5. The molecule has 0 heterocycles. The van der Waals surface area contributed by atoms with E-state index in [0.29, 0.717) is 11.7 Å². The molecule has 3 heteroatoms. The van der Waals surface area contributed by atoms with Crippen LogP contribution in [0.1, 0.15) is 41.1 Å². The lowest BCUT2D eigenvalue weighted by molar-refractivity contribution is 0.102. The maximum absolute atomic E-state index is 12.4. The second-order valence-electron chi connectivity index (χ2n) is 5.42. The van der Waals surface area contributed by atoms with E-state index in [1.807, 2.05) is 36.4 Å². The van der Waals surface area contributed by atoms with Crippen LogP contribution in [0.3, 0.4) is 0 Å². The first-order valence-corrected chi connectivity index (χ1v) is 9.02. The number of rotatable bonds is 5. The van der Waals surface area contributed by atoms with E-state index in [-0.39, 0.29) is 5.78 Å². The molecule has 2 aromatic rings. The van der Waals surface area contributed by atoms with Gasteiger partial charge in [-0.1, -0.05) is 46.6 Å². The van der Waals surface area contributed by atoms with Gasteiger partial charge in [-0.25, -0.2) is 0 Å². The second-order valence-corrected chi connectivity index (χ2v) is 7.39. The van der Waals surface area contributed by atoms with E-state index in [2.05, 4.69) is 28.1 Å². The summed E-state index contributed by atoms with van der Waals surface area (Å²) in [6.45, 7) is 0. The van der Waals surface area contributed by atoms with Crippen molar-refractivity contribution in [1.29, 1.82) is 0 Å². The van der Waals surface area contributed by atoms with Crippen molar-refractivity contribution in [2.75, 3.05) is 5.75 Å². The van der Waals surface area contributed by atoms with Gasteiger partial charge in [-0.3, -0.25) is 4.79 Å². The average Bonchev–Trinajstić information content (AvgIpc) is 2.43. The molecule has 0 spiro atoms. The van der Waals surface area contributed by atoms with Crippen molar-refractivity contribution in [2.24, 2.45) is 0 Å². The van der Waals surface area contributed by atoms with Crippen LogP contribution in [0.4, 0.5) is 0 Å². The number of hydrogen-bond acceptors (Lipinski definition) is 2. The summed E-state index contributed by atoms with van der Waals surface area (Å²) in [7, 11) is 0. The molecule has 1 aliphatic carbocycles. The lowest BCUT2D eigenvalue weighted by Crippen LogP contribution is -2.10. The third kappa shape index (κ3) is 3.78. The molecular weight excluding hydrogens is 344 g/mol. The zero-order valence-corrected chi connectivity index (χ0v) is 14.1. The minimum absolute atomic E-state index is 0.209. The SMILES string of the molecule is O=C(CSc1cccc(Br)c1)c1cccc(C2CCC2)c1. The van der Waals surface area contributed by atoms with Gasteiger partial charge < -0.3 is 0 Å². The zero-order chi connectivity index (χ0) is 14.7. The highest BCUT2D eigenvalue weighted by Gasteiger charge is 2.20. The monoisotopic (exact) mass is 360 g/mol. The number of thioether (sulfide) groups is 1.